The van der Waals surface area contributed by atoms with Crippen molar-refractivity contribution in [2.75, 3.05) is 0 Å². The minimum Gasteiger partial charge on any atom is -0.200 e. The largest absolute Gasteiger partial charge is 0.276 e. The molecule has 3 rings (SSSR count). The Morgan fingerprint density at radius 2 is 1.91 bits per heavy atom. The monoisotopic (exact) mass is 330 g/mol. The summed E-state index contributed by atoms with van der Waals surface area (Å²) in [6, 6.07) is 6.75. The summed E-state index contributed by atoms with van der Waals surface area (Å²) in [5.74, 6) is 0. The number of allylic oxidation sites excluding steroid dienone is 4. The first-order chi connectivity index (χ1) is 11.0. The fourth-order valence-corrected chi connectivity index (χ4v) is 3.92. The molecule has 5 heteroatoms. The zero-order chi connectivity index (χ0) is 16.3. The zero-order valence-electron chi connectivity index (χ0n) is 13.3. The SMILES string of the molecule is Cc1ccc(S(=O)(=O)N/N=C2/C=CC3(CC=CCC3)CC2)cc1. The molecule has 23 heavy (non-hydrogen) atoms. The Morgan fingerprint density at radius 3 is 2.52 bits per heavy atom. The molecule has 0 saturated carbocycles. The number of hydrogen-bond donors (Lipinski definition) is 1. The standard InChI is InChI=1S/C18H22N2O2S/c1-15-5-7-17(8-6-15)23(21,22)20-19-16-9-13-18(14-10-16)11-3-2-4-12-18/h2-3,5-9,13,20H,4,10-12,14H2,1H3/b19-16-. The van der Waals surface area contributed by atoms with Gasteiger partial charge in [-0.2, -0.15) is 18.4 Å². The van der Waals surface area contributed by atoms with Gasteiger partial charge in [-0.25, -0.2) is 0 Å². The van der Waals surface area contributed by atoms with Crippen LogP contribution in [-0.4, -0.2) is 14.1 Å². The minimum absolute atomic E-state index is 0.237. The molecule has 0 heterocycles. The van der Waals surface area contributed by atoms with Crippen LogP contribution in [-0.2, 0) is 10.0 Å². The average Bonchev–Trinajstić information content (AvgIpc) is 2.56. The molecule has 1 N–H and O–H groups in total. The van der Waals surface area contributed by atoms with Crippen LogP contribution in [0, 0.1) is 12.3 Å². The Balaban J connectivity index is 1.70. The van der Waals surface area contributed by atoms with Crippen molar-refractivity contribution < 1.29 is 8.42 Å². The average molecular weight is 330 g/mol. The van der Waals surface area contributed by atoms with Crippen LogP contribution >= 0.6 is 0 Å². The van der Waals surface area contributed by atoms with E-state index in [0.717, 1.165) is 37.0 Å². The van der Waals surface area contributed by atoms with E-state index in [1.165, 1.54) is 6.42 Å². The molecule has 0 fully saturated rings. The number of rotatable bonds is 3. The highest BCUT2D eigenvalue weighted by atomic mass is 32.2. The van der Waals surface area contributed by atoms with Gasteiger partial charge in [0, 0.05) is 0 Å². The summed E-state index contributed by atoms with van der Waals surface area (Å²) in [4.78, 5) is 2.59. The normalized spacial score (nSPS) is 25.9. The first-order valence-corrected chi connectivity index (χ1v) is 9.47. The Morgan fingerprint density at radius 1 is 1.13 bits per heavy atom. The lowest BCUT2D eigenvalue weighted by Crippen LogP contribution is -2.26. The van der Waals surface area contributed by atoms with Gasteiger partial charge in [-0.3, -0.25) is 0 Å². The van der Waals surface area contributed by atoms with Crippen molar-refractivity contribution in [2.24, 2.45) is 10.5 Å². The third-order valence-corrected chi connectivity index (χ3v) is 5.87. The second kappa shape index (κ2) is 6.32. The molecule has 0 aromatic heterocycles. The van der Waals surface area contributed by atoms with Crippen molar-refractivity contribution in [3.63, 3.8) is 0 Å². The summed E-state index contributed by atoms with van der Waals surface area (Å²) < 4.78 is 24.5. The van der Waals surface area contributed by atoms with E-state index in [0.29, 0.717) is 0 Å². The highest BCUT2D eigenvalue weighted by molar-refractivity contribution is 7.89. The van der Waals surface area contributed by atoms with E-state index in [-0.39, 0.29) is 10.3 Å². The molecule has 4 nitrogen and oxygen atoms in total. The van der Waals surface area contributed by atoms with Crippen LogP contribution < -0.4 is 4.83 Å². The molecule has 0 radical (unpaired) electrons. The lowest BCUT2D eigenvalue weighted by atomic mass is 9.71. The third kappa shape index (κ3) is 3.72. The number of nitrogens with one attached hydrogen (secondary N) is 1. The molecule has 2 aliphatic rings. The van der Waals surface area contributed by atoms with Crippen molar-refractivity contribution in [1.82, 2.24) is 4.83 Å². The Hall–Kier alpha value is -1.88. The summed E-state index contributed by atoms with van der Waals surface area (Å²) >= 11 is 0. The molecule has 1 aromatic carbocycles. The fourth-order valence-electron chi connectivity index (χ4n) is 3.09. The molecule has 0 saturated heterocycles. The summed E-state index contributed by atoms with van der Waals surface area (Å²) in [6.45, 7) is 1.92. The predicted octanol–water partition coefficient (Wildman–Crippen LogP) is 3.71. The van der Waals surface area contributed by atoms with Gasteiger partial charge in [-0.1, -0.05) is 35.9 Å². The molecule has 0 bridgehead atoms. The van der Waals surface area contributed by atoms with E-state index < -0.39 is 10.0 Å². The van der Waals surface area contributed by atoms with Crippen LogP contribution in [0.15, 0.2) is 58.6 Å². The predicted molar refractivity (Wildman–Crippen MR) is 92.7 cm³/mol. The highest BCUT2D eigenvalue weighted by Gasteiger charge is 2.29. The third-order valence-electron chi connectivity index (χ3n) is 4.65. The van der Waals surface area contributed by atoms with Crippen LogP contribution in [0.1, 0.15) is 37.7 Å². The van der Waals surface area contributed by atoms with Gasteiger partial charge in [0.15, 0.2) is 0 Å². The van der Waals surface area contributed by atoms with Gasteiger partial charge in [0.25, 0.3) is 10.0 Å². The topological polar surface area (TPSA) is 58.5 Å². The first-order valence-electron chi connectivity index (χ1n) is 7.98. The number of aryl methyl sites for hydroxylation is 1. The van der Waals surface area contributed by atoms with Crippen LogP contribution in [0.5, 0.6) is 0 Å². The zero-order valence-corrected chi connectivity index (χ0v) is 14.1. The Labute approximate surface area is 138 Å². The molecule has 122 valence electrons. The van der Waals surface area contributed by atoms with Crippen LogP contribution in [0.2, 0.25) is 0 Å². The van der Waals surface area contributed by atoms with E-state index in [9.17, 15) is 8.42 Å². The lowest BCUT2D eigenvalue weighted by Gasteiger charge is -2.34. The molecular formula is C18H22N2O2S. The van der Waals surface area contributed by atoms with E-state index >= 15 is 0 Å². The van der Waals surface area contributed by atoms with Gasteiger partial charge in [-0.05, 0) is 62.7 Å². The maximum absolute atomic E-state index is 12.2. The second-order valence-electron chi connectivity index (χ2n) is 6.42. The maximum atomic E-state index is 12.2. The Bertz CT molecular complexity index is 761. The van der Waals surface area contributed by atoms with Crippen molar-refractivity contribution in [1.29, 1.82) is 0 Å². The quantitative estimate of drug-likeness (QED) is 0.678. The molecule has 1 aromatic rings. The van der Waals surface area contributed by atoms with Gasteiger partial charge in [-0.15, -0.1) is 0 Å². The number of sulfonamides is 1. The summed E-state index contributed by atoms with van der Waals surface area (Å²) in [6.07, 6.45) is 13.9. The molecule has 0 amide bonds. The number of benzene rings is 1. The summed E-state index contributed by atoms with van der Waals surface area (Å²) in [5.41, 5.74) is 2.07. The van der Waals surface area contributed by atoms with Gasteiger partial charge >= 0.3 is 0 Å². The van der Waals surface area contributed by atoms with Gasteiger partial charge in [0.1, 0.15) is 0 Å². The van der Waals surface area contributed by atoms with E-state index in [1.54, 1.807) is 24.3 Å². The van der Waals surface area contributed by atoms with Gasteiger partial charge in [0.05, 0.1) is 10.6 Å². The van der Waals surface area contributed by atoms with Gasteiger partial charge in [0.2, 0.25) is 0 Å². The van der Waals surface area contributed by atoms with Crippen molar-refractivity contribution in [3.05, 3.63) is 54.1 Å². The number of hydrazone groups is 1. The van der Waals surface area contributed by atoms with Gasteiger partial charge < -0.3 is 0 Å². The van der Waals surface area contributed by atoms with Crippen LogP contribution in [0.25, 0.3) is 0 Å². The lowest BCUT2D eigenvalue weighted by molar-refractivity contribution is 0.319. The van der Waals surface area contributed by atoms with Crippen molar-refractivity contribution in [3.8, 4) is 0 Å². The molecule has 1 atom stereocenters. The molecule has 1 unspecified atom stereocenters. The van der Waals surface area contributed by atoms with Crippen molar-refractivity contribution in [2.45, 2.75) is 43.9 Å². The smallest absolute Gasteiger partial charge is 0.200 e. The maximum Gasteiger partial charge on any atom is 0.276 e. The highest BCUT2D eigenvalue weighted by Crippen LogP contribution is 2.40. The minimum atomic E-state index is -3.59. The molecule has 0 aliphatic heterocycles. The van der Waals surface area contributed by atoms with E-state index in [1.807, 2.05) is 13.0 Å². The van der Waals surface area contributed by atoms with Crippen LogP contribution in [0.4, 0.5) is 0 Å². The van der Waals surface area contributed by atoms with E-state index in [2.05, 4.69) is 28.2 Å². The fraction of sp³-hybridized carbons (Fsp3) is 0.389. The number of hydrogen-bond acceptors (Lipinski definition) is 3. The molecular weight excluding hydrogens is 308 g/mol. The Kier molecular flexibility index (Phi) is 4.39. The summed E-state index contributed by atoms with van der Waals surface area (Å²) in [5, 5.41) is 4.11. The second-order valence-corrected chi connectivity index (χ2v) is 8.08. The molecule has 1 spiro atoms. The van der Waals surface area contributed by atoms with E-state index in [4.69, 9.17) is 0 Å². The molecule has 2 aliphatic carbocycles. The first kappa shape index (κ1) is 16.0. The van der Waals surface area contributed by atoms with Crippen LogP contribution in [0.3, 0.4) is 0 Å². The van der Waals surface area contributed by atoms with Crippen molar-refractivity contribution >= 4 is 15.7 Å². The summed E-state index contributed by atoms with van der Waals surface area (Å²) in [7, 11) is -3.59. The number of nitrogens with zero attached hydrogens (tertiary/aromatic N) is 1.